The molecule has 0 unspecified atom stereocenters. The van der Waals surface area contributed by atoms with E-state index < -0.39 is 0 Å². The molecule has 0 radical (unpaired) electrons. The largest absolute Gasteiger partial charge is 0.360 e. The number of nitrogens with zero attached hydrogens (tertiary/aromatic N) is 1. The van der Waals surface area contributed by atoms with E-state index in [0.717, 1.165) is 5.69 Å². The number of rotatable bonds is 3. The molecule has 0 fully saturated rings. The third kappa shape index (κ3) is 3.16. The van der Waals surface area contributed by atoms with Crippen LogP contribution in [0.1, 0.15) is 6.92 Å². The predicted octanol–water partition coefficient (Wildman–Crippen LogP) is 3.08. The van der Waals surface area contributed by atoms with Gasteiger partial charge in [-0.15, -0.1) is 0 Å². The lowest BCUT2D eigenvalue weighted by atomic mass is 10.3. The Kier molecular flexibility index (Phi) is 4.03. The SMILES string of the molecule is C/C=C/C(C#N)=C/Nc1ccccc1. The minimum Gasteiger partial charge on any atom is -0.360 e. The van der Waals surface area contributed by atoms with Crippen LogP contribution in [-0.4, -0.2) is 0 Å². The second kappa shape index (κ2) is 5.60. The van der Waals surface area contributed by atoms with Crippen molar-refractivity contribution in [2.45, 2.75) is 6.92 Å². The van der Waals surface area contributed by atoms with Crippen LogP contribution in [0, 0.1) is 11.3 Å². The van der Waals surface area contributed by atoms with Crippen LogP contribution < -0.4 is 5.32 Å². The van der Waals surface area contributed by atoms with Gasteiger partial charge in [0.2, 0.25) is 0 Å². The molecule has 0 saturated heterocycles. The fourth-order valence-corrected chi connectivity index (χ4v) is 0.993. The Morgan fingerprint density at radius 2 is 2.07 bits per heavy atom. The molecule has 0 heterocycles. The quantitative estimate of drug-likeness (QED) is 0.578. The van der Waals surface area contributed by atoms with Crippen LogP contribution in [0.4, 0.5) is 5.69 Å². The molecule has 1 aromatic rings. The number of allylic oxidation sites excluding steroid dienone is 3. The lowest BCUT2D eigenvalue weighted by molar-refractivity contribution is 1.47. The summed E-state index contributed by atoms with van der Waals surface area (Å²) in [4.78, 5) is 0. The summed E-state index contributed by atoms with van der Waals surface area (Å²) < 4.78 is 0. The van der Waals surface area contributed by atoms with Crippen molar-refractivity contribution in [2.24, 2.45) is 0 Å². The monoisotopic (exact) mass is 184 g/mol. The van der Waals surface area contributed by atoms with Crippen molar-refractivity contribution >= 4 is 5.69 Å². The van der Waals surface area contributed by atoms with E-state index in [9.17, 15) is 0 Å². The number of hydrogen-bond donors (Lipinski definition) is 1. The summed E-state index contributed by atoms with van der Waals surface area (Å²) in [7, 11) is 0. The maximum absolute atomic E-state index is 8.73. The topological polar surface area (TPSA) is 35.8 Å². The van der Waals surface area contributed by atoms with Crippen molar-refractivity contribution in [3.05, 3.63) is 54.3 Å². The molecule has 0 amide bonds. The van der Waals surface area contributed by atoms with Crippen LogP contribution in [-0.2, 0) is 0 Å². The van der Waals surface area contributed by atoms with Crippen molar-refractivity contribution in [1.82, 2.24) is 0 Å². The molecule has 0 atom stereocenters. The molecule has 0 aliphatic carbocycles. The van der Waals surface area contributed by atoms with E-state index in [-0.39, 0.29) is 0 Å². The number of para-hydroxylation sites is 1. The lowest BCUT2D eigenvalue weighted by Crippen LogP contribution is -1.88. The molecule has 1 aromatic carbocycles. The summed E-state index contributed by atoms with van der Waals surface area (Å²) in [5.41, 5.74) is 1.58. The third-order valence-corrected chi connectivity index (χ3v) is 1.64. The Bertz CT molecular complexity index is 369. The first-order valence-corrected chi connectivity index (χ1v) is 4.41. The van der Waals surface area contributed by atoms with Crippen molar-refractivity contribution in [3.63, 3.8) is 0 Å². The summed E-state index contributed by atoms with van der Waals surface area (Å²) in [5.74, 6) is 0. The number of nitrogens with one attached hydrogen (secondary N) is 1. The van der Waals surface area contributed by atoms with Gasteiger partial charge in [-0.25, -0.2) is 0 Å². The highest BCUT2D eigenvalue weighted by Crippen LogP contribution is 2.06. The van der Waals surface area contributed by atoms with Crippen LogP contribution in [0.15, 0.2) is 54.3 Å². The standard InChI is InChI=1S/C12H12N2/c1-2-6-11(9-13)10-14-12-7-4-3-5-8-12/h2-8,10,14H,1H3/b6-2+,11-10-. The van der Waals surface area contributed by atoms with Gasteiger partial charge < -0.3 is 5.32 Å². The van der Waals surface area contributed by atoms with Gasteiger partial charge in [-0.3, -0.25) is 0 Å². The zero-order chi connectivity index (χ0) is 10.2. The zero-order valence-electron chi connectivity index (χ0n) is 8.07. The lowest BCUT2D eigenvalue weighted by Gasteiger charge is -1.98. The highest BCUT2D eigenvalue weighted by atomic mass is 14.8. The summed E-state index contributed by atoms with van der Waals surface area (Å²) in [5, 5.41) is 11.8. The summed E-state index contributed by atoms with van der Waals surface area (Å²) in [6.07, 6.45) is 5.28. The van der Waals surface area contributed by atoms with E-state index >= 15 is 0 Å². The van der Waals surface area contributed by atoms with Gasteiger partial charge in [0.1, 0.15) is 6.07 Å². The van der Waals surface area contributed by atoms with Crippen LogP contribution in [0.2, 0.25) is 0 Å². The summed E-state index contributed by atoms with van der Waals surface area (Å²) in [6.45, 7) is 1.88. The fourth-order valence-electron chi connectivity index (χ4n) is 0.993. The van der Waals surface area contributed by atoms with Gasteiger partial charge in [0.25, 0.3) is 0 Å². The summed E-state index contributed by atoms with van der Waals surface area (Å²) >= 11 is 0. The zero-order valence-corrected chi connectivity index (χ0v) is 8.07. The molecule has 2 nitrogen and oxygen atoms in total. The highest BCUT2D eigenvalue weighted by Gasteiger charge is 1.88. The van der Waals surface area contributed by atoms with E-state index in [4.69, 9.17) is 5.26 Å². The Morgan fingerprint density at radius 3 is 2.64 bits per heavy atom. The van der Waals surface area contributed by atoms with Gasteiger partial charge in [0.15, 0.2) is 0 Å². The molecule has 0 bridgehead atoms. The van der Waals surface area contributed by atoms with Crippen LogP contribution in [0.3, 0.4) is 0 Å². The minimum atomic E-state index is 0.608. The summed E-state index contributed by atoms with van der Waals surface area (Å²) in [6, 6.07) is 11.8. The molecule has 0 saturated carbocycles. The average molecular weight is 184 g/mol. The van der Waals surface area contributed by atoms with E-state index in [0.29, 0.717) is 5.57 Å². The molecule has 1 rings (SSSR count). The first-order chi connectivity index (χ1) is 6.86. The number of benzene rings is 1. The van der Waals surface area contributed by atoms with Crippen LogP contribution in [0.25, 0.3) is 0 Å². The highest BCUT2D eigenvalue weighted by molar-refractivity contribution is 5.48. The van der Waals surface area contributed by atoms with E-state index in [1.165, 1.54) is 0 Å². The van der Waals surface area contributed by atoms with Gasteiger partial charge in [-0.1, -0.05) is 24.3 Å². The molecule has 14 heavy (non-hydrogen) atoms. The van der Waals surface area contributed by atoms with Gasteiger partial charge >= 0.3 is 0 Å². The third-order valence-electron chi connectivity index (χ3n) is 1.64. The molecule has 0 aliphatic heterocycles. The smallest absolute Gasteiger partial charge is 0.101 e. The van der Waals surface area contributed by atoms with Crippen molar-refractivity contribution in [1.29, 1.82) is 5.26 Å². The normalized spacial score (nSPS) is 11.3. The number of anilines is 1. The molecule has 1 N–H and O–H groups in total. The van der Waals surface area contributed by atoms with E-state index in [1.807, 2.05) is 43.3 Å². The average Bonchev–Trinajstić information content (AvgIpc) is 2.25. The molecular formula is C12H12N2. The Labute approximate surface area is 84.2 Å². The van der Waals surface area contributed by atoms with Crippen molar-refractivity contribution < 1.29 is 0 Å². The van der Waals surface area contributed by atoms with Gasteiger partial charge in [-0.05, 0) is 25.1 Å². The number of hydrogen-bond acceptors (Lipinski definition) is 2. The van der Waals surface area contributed by atoms with Gasteiger partial charge in [-0.2, -0.15) is 5.26 Å². The van der Waals surface area contributed by atoms with Crippen LogP contribution in [0.5, 0.6) is 0 Å². The molecule has 0 spiro atoms. The second-order valence-corrected chi connectivity index (χ2v) is 2.72. The molecule has 0 aromatic heterocycles. The maximum Gasteiger partial charge on any atom is 0.101 e. The molecular weight excluding hydrogens is 172 g/mol. The Morgan fingerprint density at radius 1 is 1.36 bits per heavy atom. The van der Waals surface area contributed by atoms with Crippen molar-refractivity contribution in [2.75, 3.05) is 5.32 Å². The second-order valence-electron chi connectivity index (χ2n) is 2.72. The van der Waals surface area contributed by atoms with Crippen LogP contribution >= 0.6 is 0 Å². The Balaban J connectivity index is 2.67. The minimum absolute atomic E-state index is 0.608. The molecule has 70 valence electrons. The van der Waals surface area contributed by atoms with E-state index in [2.05, 4.69) is 11.4 Å². The molecule has 2 heteroatoms. The fraction of sp³-hybridized carbons (Fsp3) is 0.0833. The first-order valence-electron chi connectivity index (χ1n) is 4.41. The first kappa shape index (κ1) is 10.1. The van der Waals surface area contributed by atoms with Crippen molar-refractivity contribution in [3.8, 4) is 6.07 Å². The Hall–Kier alpha value is -2.01. The molecule has 0 aliphatic rings. The van der Waals surface area contributed by atoms with E-state index in [1.54, 1.807) is 12.3 Å². The van der Waals surface area contributed by atoms with Gasteiger partial charge in [0.05, 0.1) is 5.57 Å². The maximum atomic E-state index is 8.73. The van der Waals surface area contributed by atoms with Gasteiger partial charge in [0, 0.05) is 11.9 Å². The predicted molar refractivity (Wildman–Crippen MR) is 58.6 cm³/mol. The number of nitriles is 1.